The molecule has 1 aromatic carbocycles. The topological polar surface area (TPSA) is 79.0 Å². The van der Waals surface area contributed by atoms with Crippen LogP contribution in [0.1, 0.15) is 25.7 Å². The second kappa shape index (κ2) is 8.88. The zero-order chi connectivity index (χ0) is 19.2. The molecule has 1 saturated heterocycles. The minimum atomic E-state index is -0.0628. The first-order valence-electron chi connectivity index (χ1n) is 9.53. The molecule has 0 bridgehead atoms. The molecule has 1 aromatic rings. The average molecular weight is 373 g/mol. The minimum absolute atomic E-state index is 0.00588. The largest absolute Gasteiger partial charge is 0.497 e. The number of amides is 3. The van der Waals surface area contributed by atoms with Crippen LogP contribution in [0.25, 0.3) is 0 Å². The Morgan fingerprint density at radius 2 is 1.74 bits per heavy atom. The second-order valence-electron chi connectivity index (χ2n) is 7.24. The smallest absolute Gasteiger partial charge is 0.227 e. The van der Waals surface area contributed by atoms with E-state index in [-0.39, 0.29) is 23.7 Å². The molecular weight excluding hydrogens is 346 g/mol. The van der Waals surface area contributed by atoms with Crippen molar-refractivity contribution in [1.82, 2.24) is 9.80 Å². The number of anilines is 1. The van der Waals surface area contributed by atoms with Gasteiger partial charge in [0.2, 0.25) is 18.2 Å². The number of nitrogens with one attached hydrogen (secondary N) is 1. The molecule has 146 valence electrons. The number of carbonyl (C=O) groups excluding carboxylic acids is 3. The zero-order valence-electron chi connectivity index (χ0n) is 15.7. The highest BCUT2D eigenvalue weighted by Gasteiger charge is 2.33. The van der Waals surface area contributed by atoms with Crippen molar-refractivity contribution in [2.75, 3.05) is 38.6 Å². The average Bonchev–Trinajstić information content (AvgIpc) is 2.73. The molecule has 1 N–H and O–H groups in total. The lowest BCUT2D eigenvalue weighted by Gasteiger charge is -2.36. The second-order valence-corrected chi connectivity index (χ2v) is 7.24. The lowest BCUT2D eigenvalue weighted by Crippen LogP contribution is -2.50. The van der Waals surface area contributed by atoms with Crippen molar-refractivity contribution < 1.29 is 19.1 Å². The van der Waals surface area contributed by atoms with Gasteiger partial charge in [0, 0.05) is 49.8 Å². The van der Waals surface area contributed by atoms with Crippen molar-refractivity contribution >= 4 is 23.9 Å². The van der Waals surface area contributed by atoms with Gasteiger partial charge in [-0.3, -0.25) is 14.4 Å². The number of piperazine rings is 1. The summed E-state index contributed by atoms with van der Waals surface area (Å²) in [4.78, 5) is 39.6. The van der Waals surface area contributed by atoms with Gasteiger partial charge in [-0.2, -0.15) is 0 Å². The molecule has 0 radical (unpaired) electrons. The molecule has 1 heterocycles. The maximum atomic E-state index is 12.7. The molecule has 1 saturated carbocycles. The number of hydrogen-bond donors (Lipinski definition) is 1. The fraction of sp³-hybridized carbons (Fsp3) is 0.550. The Kier molecular flexibility index (Phi) is 6.32. The van der Waals surface area contributed by atoms with Crippen LogP contribution in [0.3, 0.4) is 0 Å². The molecule has 2 fully saturated rings. The van der Waals surface area contributed by atoms with Gasteiger partial charge in [-0.15, -0.1) is 0 Å². The van der Waals surface area contributed by atoms with E-state index in [4.69, 9.17) is 4.74 Å². The van der Waals surface area contributed by atoms with Crippen LogP contribution in [0.2, 0.25) is 0 Å². The van der Waals surface area contributed by atoms with Gasteiger partial charge in [-0.25, -0.2) is 0 Å². The minimum Gasteiger partial charge on any atom is -0.497 e. The lowest BCUT2D eigenvalue weighted by molar-refractivity contribution is -0.140. The Morgan fingerprint density at radius 1 is 1.07 bits per heavy atom. The third-order valence-corrected chi connectivity index (χ3v) is 5.56. The standard InChI is InChI=1S/C20H27N3O4/c1-27-18-4-2-3-17(13-18)21-19(25)15-5-7-16(8-6-15)20(26)23-11-9-22(14-24)10-12-23/h2-4,13-16H,5-12H2,1H3,(H,21,25). The molecule has 0 spiro atoms. The molecule has 0 unspecified atom stereocenters. The monoisotopic (exact) mass is 373 g/mol. The van der Waals surface area contributed by atoms with E-state index in [9.17, 15) is 14.4 Å². The van der Waals surface area contributed by atoms with Crippen molar-refractivity contribution in [3.63, 3.8) is 0 Å². The summed E-state index contributed by atoms with van der Waals surface area (Å²) in [5.74, 6) is 0.818. The quantitative estimate of drug-likeness (QED) is 0.798. The summed E-state index contributed by atoms with van der Waals surface area (Å²) in [6, 6.07) is 7.32. The Hall–Kier alpha value is -2.57. The first-order valence-corrected chi connectivity index (χ1v) is 9.53. The molecule has 7 nitrogen and oxygen atoms in total. The number of nitrogens with zero attached hydrogens (tertiary/aromatic N) is 2. The van der Waals surface area contributed by atoms with E-state index in [1.165, 1.54) is 0 Å². The zero-order valence-corrected chi connectivity index (χ0v) is 15.7. The maximum Gasteiger partial charge on any atom is 0.227 e. The first-order chi connectivity index (χ1) is 13.1. The van der Waals surface area contributed by atoms with Crippen LogP contribution in [-0.4, -0.2) is 61.3 Å². The molecule has 27 heavy (non-hydrogen) atoms. The van der Waals surface area contributed by atoms with Gasteiger partial charge in [0.05, 0.1) is 7.11 Å². The highest BCUT2D eigenvalue weighted by atomic mass is 16.5. The molecule has 7 heteroatoms. The summed E-state index contributed by atoms with van der Waals surface area (Å²) in [5, 5.41) is 2.95. The Bertz CT molecular complexity index is 678. The summed E-state index contributed by atoms with van der Waals surface area (Å²) in [6.45, 7) is 2.42. The normalized spacial score (nSPS) is 22.9. The predicted octanol–water partition coefficient (Wildman–Crippen LogP) is 1.74. The summed E-state index contributed by atoms with van der Waals surface area (Å²) in [6.07, 6.45) is 3.76. The van der Waals surface area contributed by atoms with E-state index in [2.05, 4.69) is 5.32 Å². The lowest BCUT2D eigenvalue weighted by atomic mass is 9.80. The highest BCUT2D eigenvalue weighted by Crippen LogP contribution is 2.31. The molecular formula is C20H27N3O4. The van der Waals surface area contributed by atoms with Gasteiger partial charge in [0.15, 0.2) is 0 Å². The number of methoxy groups -OCH3 is 1. The number of ether oxygens (including phenoxy) is 1. The summed E-state index contributed by atoms with van der Waals surface area (Å²) < 4.78 is 5.18. The summed E-state index contributed by atoms with van der Waals surface area (Å²) in [7, 11) is 1.60. The molecule has 0 atom stereocenters. The van der Waals surface area contributed by atoms with Crippen LogP contribution in [0.15, 0.2) is 24.3 Å². The van der Waals surface area contributed by atoms with Gasteiger partial charge in [-0.1, -0.05) is 6.07 Å². The van der Waals surface area contributed by atoms with Crippen LogP contribution < -0.4 is 10.1 Å². The van der Waals surface area contributed by atoms with Gasteiger partial charge < -0.3 is 19.9 Å². The summed E-state index contributed by atoms with van der Waals surface area (Å²) >= 11 is 0. The van der Waals surface area contributed by atoms with E-state index in [0.717, 1.165) is 37.8 Å². The van der Waals surface area contributed by atoms with E-state index in [1.54, 1.807) is 18.1 Å². The number of carbonyl (C=O) groups is 3. The highest BCUT2D eigenvalue weighted by molar-refractivity contribution is 5.93. The molecule has 3 amide bonds. The Morgan fingerprint density at radius 3 is 2.37 bits per heavy atom. The van der Waals surface area contributed by atoms with Crippen molar-refractivity contribution in [1.29, 1.82) is 0 Å². The predicted molar refractivity (Wildman–Crippen MR) is 101 cm³/mol. The Labute approximate surface area is 159 Å². The van der Waals surface area contributed by atoms with Crippen molar-refractivity contribution in [3.8, 4) is 5.75 Å². The van der Waals surface area contributed by atoms with Crippen LogP contribution >= 0.6 is 0 Å². The molecule has 1 aliphatic heterocycles. The van der Waals surface area contributed by atoms with Gasteiger partial charge in [0.25, 0.3) is 0 Å². The van der Waals surface area contributed by atoms with E-state index in [1.807, 2.05) is 23.1 Å². The molecule has 0 aromatic heterocycles. The van der Waals surface area contributed by atoms with Crippen LogP contribution in [-0.2, 0) is 14.4 Å². The fourth-order valence-electron chi connectivity index (χ4n) is 3.85. The van der Waals surface area contributed by atoms with Crippen molar-refractivity contribution in [2.45, 2.75) is 25.7 Å². The van der Waals surface area contributed by atoms with Crippen molar-refractivity contribution in [3.05, 3.63) is 24.3 Å². The SMILES string of the molecule is COc1cccc(NC(=O)C2CCC(C(=O)N3CCN(C=O)CC3)CC2)c1. The van der Waals surface area contributed by atoms with Gasteiger partial charge in [0.1, 0.15) is 5.75 Å². The van der Waals surface area contributed by atoms with Crippen LogP contribution in [0.5, 0.6) is 5.75 Å². The molecule has 1 aliphatic carbocycles. The van der Waals surface area contributed by atoms with Crippen molar-refractivity contribution in [2.24, 2.45) is 11.8 Å². The van der Waals surface area contributed by atoms with Gasteiger partial charge >= 0.3 is 0 Å². The third kappa shape index (κ3) is 4.78. The van der Waals surface area contributed by atoms with E-state index >= 15 is 0 Å². The maximum absolute atomic E-state index is 12.7. The number of benzene rings is 1. The Balaban J connectivity index is 1.47. The first kappa shape index (κ1) is 19.2. The fourth-order valence-corrected chi connectivity index (χ4v) is 3.85. The number of hydrogen-bond acceptors (Lipinski definition) is 4. The van der Waals surface area contributed by atoms with E-state index in [0.29, 0.717) is 31.9 Å². The summed E-state index contributed by atoms with van der Waals surface area (Å²) in [5.41, 5.74) is 0.727. The van der Waals surface area contributed by atoms with Crippen LogP contribution in [0, 0.1) is 11.8 Å². The van der Waals surface area contributed by atoms with Crippen LogP contribution in [0.4, 0.5) is 5.69 Å². The molecule has 2 aliphatic rings. The molecule has 3 rings (SSSR count). The van der Waals surface area contributed by atoms with Gasteiger partial charge in [-0.05, 0) is 37.8 Å². The number of rotatable bonds is 5. The third-order valence-electron chi connectivity index (χ3n) is 5.56. The van der Waals surface area contributed by atoms with E-state index < -0.39 is 0 Å².